The van der Waals surface area contributed by atoms with Crippen molar-refractivity contribution in [3.63, 3.8) is 0 Å². The Balaban J connectivity index is 1.54. The summed E-state index contributed by atoms with van der Waals surface area (Å²) in [6.45, 7) is 2.50. The molecular formula is C25H26ClN3O5. The molecule has 0 atom stereocenters. The number of carbonyl (C=O) groups excluding carboxylic acids is 2. The molecule has 0 fully saturated rings. The van der Waals surface area contributed by atoms with E-state index >= 15 is 0 Å². The van der Waals surface area contributed by atoms with Gasteiger partial charge in [-0.05, 0) is 61.5 Å². The molecule has 3 rings (SSSR count). The molecule has 9 heteroatoms. The average Bonchev–Trinajstić information content (AvgIpc) is 2.84. The first-order chi connectivity index (χ1) is 16.4. The number of halogens is 1. The zero-order valence-electron chi connectivity index (χ0n) is 19.1. The molecule has 0 spiro atoms. The maximum atomic E-state index is 12.5. The van der Waals surface area contributed by atoms with Gasteiger partial charge in [-0.15, -0.1) is 0 Å². The van der Waals surface area contributed by atoms with E-state index in [1.807, 2.05) is 6.92 Å². The Morgan fingerprint density at radius 2 is 1.50 bits per heavy atom. The summed E-state index contributed by atoms with van der Waals surface area (Å²) in [6, 6.07) is 17.1. The number of benzene rings is 3. The normalized spacial score (nSPS) is 10.2. The molecule has 3 N–H and O–H groups in total. The Labute approximate surface area is 203 Å². The van der Waals surface area contributed by atoms with Gasteiger partial charge < -0.3 is 30.2 Å². The first-order valence-corrected chi connectivity index (χ1v) is 10.9. The van der Waals surface area contributed by atoms with Gasteiger partial charge in [-0.25, -0.2) is 0 Å². The third kappa shape index (κ3) is 6.55. The summed E-state index contributed by atoms with van der Waals surface area (Å²) in [7, 11) is 2.99. The maximum absolute atomic E-state index is 12.5. The highest BCUT2D eigenvalue weighted by atomic mass is 35.5. The van der Waals surface area contributed by atoms with Crippen molar-refractivity contribution in [3.8, 4) is 17.2 Å². The zero-order chi connectivity index (χ0) is 24.5. The molecule has 0 bridgehead atoms. The quantitative estimate of drug-likeness (QED) is 0.373. The van der Waals surface area contributed by atoms with E-state index in [0.717, 1.165) is 5.75 Å². The first kappa shape index (κ1) is 24.7. The molecule has 0 radical (unpaired) electrons. The highest BCUT2D eigenvalue weighted by Crippen LogP contribution is 2.35. The standard InChI is InChI=1S/C25H26ClN3O5/c1-4-34-19-11-9-18(10-12-19)28-25(31)16-5-7-17(8-6-16)27-15-24(30)29-21-13-20(26)22(32-2)14-23(21)33-3/h5-14,27H,4,15H2,1-3H3,(H,28,31)(H,29,30). The number of hydrogen-bond acceptors (Lipinski definition) is 6. The highest BCUT2D eigenvalue weighted by molar-refractivity contribution is 6.32. The van der Waals surface area contributed by atoms with Crippen molar-refractivity contribution in [1.29, 1.82) is 0 Å². The predicted octanol–water partition coefficient (Wildman–Crippen LogP) is 5.06. The van der Waals surface area contributed by atoms with E-state index in [4.69, 9.17) is 25.8 Å². The fraction of sp³-hybridized carbons (Fsp3) is 0.200. The molecule has 8 nitrogen and oxygen atoms in total. The van der Waals surface area contributed by atoms with Gasteiger partial charge in [-0.1, -0.05) is 11.6 Å². The van der Waals surface area contributed by atoms with Gasteiger partial charge in [0.15, 0.2) is 0 Å². The van der Waals surface area contributed by atoms with Crippen LogP contribution in [0.3, 0.4) is 0 Å². The van der Waals surface area contributed by atoms with E-state index in [-0.39, 0.29) is 18.4 Å². The lowest BCUT2D eigenvalue weighted by atomic mass is 10.2. The van der Waals surface area contributed by atoms with Gasteiger partial charge in [0.25, 0.3) is 5.91 Å². The number of nitrogens with one attached hydrogen (secondary N) is 3. The number of rotatable bonds is 10. The van der Waals surface area contributed by atoms with Crippen LogP contribution in [0, 0.1) is 0 Å². The smallest absolute Gasteiger partial charge is 0.255 e. The minimum absolute atomic E-state index is 0.00449. The van der Waals surface area contributed by atoms with Crippen LogP contribution >= 0.6 is 11.6 Å². The second-order valence-corrected chi connectivity index (χ2v) is 7.48. The molecule has 0 unspecified atom stereocenters. The van der Waals surface area contributed by atoms with Gasteiger partial charge in [0.1, 0.15) is 17.2 Å². The van der Waals surface area contributed by atoms with Crippen molar-refractivity contribution in [3.05, 3.63) is 71.2 Å². The molecule has 0 saturated heterocycles. The van der Waals surface area contributed by atoms with Gasteiger partial charge in [0.05, 0.1) is 38.1 Å². The second-order valence-electron chi connectivity index (χ2n) is 7.08. The molecule has 0 saturated carbocycles. The van der Waals surface area contributed by atoms with Crippen molar-refractivity contribution < 1.29 is 23.8 Å². The van der Waals surface area contributed by atoms with Crippen LogP contribution in [-0.2, 0) is 4.79 Å². The summed E-state index contributed by atoms with van der Waals surface area (Å²) < 4.78 is 15.8. The SMILES string of the molecule is CCOc1ccc(NC(=O)c2ccc(NCC(=O)Nc3cc(Cl)c(OC)cc3OC)cc2)cc1. The van der Waals surface area contributed by atoms with Crippen molar-refractivity contribution in [2.24, 2.45) is 0 Å². The molecule has 3 aromatic rings. The number of methoxy groups -OCH3 is 2. The summed E-state index contributed by atoms with van der Waals surface area (Å²) in [4.78, 5) is 24.9. The lowest BCUT2D eigenvalue weighted by molar-refractivity contribution is -0.114. The molecule has 3 aromatic carbocycles. The average molecular weight is 484 g/mol. The molecule has 0 heterocycles. The minimum Gasteiger partial charge on any atom is -0.495 e. The van der Waals surface area contributed by atoms with Crippen LogP contribution in [0.5, 0.6) is 17.2 Å². The number of hydrogen-bond donors (Lipinski definition) is 3. The molecule has 34 heavy (non-hydrogen) atoms. The Morgan fingerprint density at radius 1 is 0.853 bits per heavy atom. The monoisotopic (exact) mass is 483 g/mol. The van der Waals surface area contributed by atoms with Crippen molar-refractivity contribution in [1.82, 2.24) is 0 Å². The molecule has 178 valence electrons. The molecule has 0 aliphatic rings. The van der Waals surface area contributed by atoms with Gasteiger partial charge in [-0.2, -0.15) is 0 Å². The van der Waals surface area contributed by atoms with E-state index in [2.05, 4.69) is 16.0 Å². The van der Waals surface area contributed by atoms with Gasteiger partial charge in [-0.3, -0.25) is 9.59 Å². The van der Waals surface area contributed by atoms with Crippen LogP contribution in [0.4, 0.5) is 17.1 Å². The van der Waals surface area contributed by atoms with Crippen LogP contribution in [0.15, 0.2) is 60.7 Å². The second kappa shape index (κ2) is 11.8. The molecule has 2 amide bonds. The largest absolute Gasteiger partial charge is 0.495 e. The Hall–Kier alpha value is -3.91. The number of amides is 2. The van der Waals surface area contributed by atoms with Crippen LogP contribution in [0.25, 0.3) is 0 Å². The number of ether oxygens (including phenoxy) is 3. The van der Waals surface area contributed by atoms with E-state index in [9.17, 15) is 9.59 Å². The van der Waals surface area contributed by atoms with E-state index < -0.39 is 0 Å². The predicted molar refractivity (Wildman–Crippen MR) is 134 cm³/mol. The fourth-order valence-electron chi connectivity index (χ4n) is 3.08. The lowest BCUT2D eigenvalue weighted by Crippen LogP contribution is -2.22. The topological polar surface area (TPSA) is 97.9 Å². The molecular weight excluding hydrogens is 458 g/mol. The molecule has 0 aromatic heterocycles. The molecule has 0 aliphatic carbocycles. The summed E-state index contributed by atoms with van der Waals surface area (Å²) in [5.74, 6) is 1.08. The highest BCUT2D eigenvalue weighted by Gasteiger charge is 2.13. The van der Waals surface area contributed by atoms with E-state index in [1.165, 1.54) is 14.2 Å². The van der Waals surface area contributed by atoms with Crippen molar-refractivity contribution >= 4 is 40.5 Å². The first-order valence-electron chi connectivity index (χ1n) is 10.5. The van der Waals surface area contributed by atoms with Crippen molar-refractivity contribution in [2.75, 3.05) is 43.3 Å². The maximum Gasteiger partial charge on any atom is 0.255 e. The summed E-state index contributed by atoms with van der Waals surface area (Å²) in [5, 5.41) is 8.96. The van der Waals surface area contributed by atoms with Gasteiger partial charge in [0, 0.05) is 23.0 Å². The van der Waals surface area contributed by atoms with E-state index in [1.54, 1.807) is 60.7 Å². The van der Waals surface area contributed by atoms with Crippen LogP contribution in [-0.4, -0.2) is 39.2 Å². The summed E-state index contributed by atoms with van der Waals surface area (Å²) in [5.41, 5.74) is 2.27. The number of anilines is 3. The summed E-state index contributed by atoms with van der Waals surface area (Å²) in [6.07, 6.45) is 0. The van der Waals surface area contributed by atoms with Gasteiger partial charge in [0.2, 0.25) is 5.91 Å². The third-order valence-electron chi connectivity index (χ3n) is 4.77. The Morgan fingerprint density at radius 3 is 2.12 bits per heavy atom. The third-order valence-corrected chi connectivity index (χ3v) is 5.07. The number of carbonyl (C=O) groups is 2. The van der Waals surface area contributed by atoms with Gasteiger partial charge >= 0.3 is 0 Å². The zero-order valence-corrected chi connectivity index (χ0v) is 19.9. The van der Waals surface area contributed by atoms with E-state index in [0.29, 0.717) is 45.8 Å². The fourth-order valence-corrected chi connectivity index (χ4v) is 3.32. The Bertz CT molecular complexity index is 1130. The van der Waals surface area contributed by atoms with Crippen LogP contribution in [0.1, 0.15) is 17.3 Å². The van der Waals surface area contributed by atoms with Crippen LogP contribution < -0.4 is 30.2 Å². The molecule has 0 aliphatic heterocycles. The van der Waals surface area contributed by atoms with Crippen LogP contribution in [0.2, 0.25) is 5.02 Å². The van der Waals surface area contributed by atoms with Crippen molar-refractivity contribution in [2.45, 2.75) is 6.92 Å². The minimum atomic E-state index is -0.295. The lowest BCUT2D eigenvalue weighted by Gasteiger charge is -2.13. The Kier molecular flexibility index (Phi) is 8.59. The summed E-state index contributed by atoms with van der Waals surface area (Å²) >= 11 is 6.14.